The zero-order valence-corrected chi connectivity index (χ0v) is 17.2. The number of fused-ring (bicyclic) bond motifs is 4. The van der Waals surface area contributed by atoms with Crippen LogP contribution >= 0.6 is 0 Å². The van der Waals surface area contributed by atoms with Crippen molar-refractivity contribution >= 4 is 17.7 Å². The molecule has 4 rings (SSSR count). The molecule has 0 aliphatic heterocycles. The Labute approximate surface area is 166 Å². The summed E-state index contributed by atoms with van der Waals surface area (Å²) in [6.45, 7) is 7.07. The van der Waals surface area contributed by atoms with Crippen molar-refractivity contribution in [3.05, 3.63) is 23.3 Å². The van der Waals surface area contributed by atoms with Crippen LogP contribution < -0.4 is 0 Å². The van der Waals surface area contributed by atoms with Crippen LogP contribution in [-0.4, -0.2) is 29.4 Å². The molecule has 6 atom stereocenters. The van der Waals surface area contributed by atoms with Crippen molar-refractivity contribution in [1.29, 1.82) is 0 Å². The molecule has 28 heavy (non-hydrogen) atoms. The fraction of sp³-hybridized carbons (Fsp3) is 0.696. The summed E-state index contributed by atoms with van der Waals surface area (Å²) >= 11 is 0. The van der Waals surface area contributed by atoms with E-state index in [4.69, 9.17) is 9.47 Å². The van der Waals surface area contributed by atoms with Gasteiger partial charge in [-0.1, -0.05) is 6.92 Å². The first-order valence-corrected chi connectivity index (χ1v) is 10.5. The average Bonchev–Trinajstić information content (AvgIpc) is 2.93. The molecule has 0 spiro atoms. The summed E-state index contributed by atoms with van der Waals surface area (Å²) in [6.07, 6.45) is 8.93. The lowest BCUT2D eigenvalue weighted by atomic mass is 9.53. The fourth-order valence-corrected chi connectivity index (χ4v) is 6.73. The van der Waals surface area contributed by atoms with Crippen molar-refractivity contribution in [2.75, 3.05) is 0 Å². The first kappa shape index (κ1) is 19.4. The minimum absolute atomic E-state index is 0.00234. The van der Waals surface area contributed by atoms with Gasteiger partial charge in [0.2, 0.25) is 0 Å². The van der Waals surface area contributed by atoms with Gasteiger partial charge in [-0.05, 0) is 80.9 Å². The number of rotatable bonds is 2. The van der Waals surface area contributed by atoms with E-state index in [0.717, 1.165) is 49.7 Å². The zero-order chi connectivity index (χ0) is 20.3. The predicted molar refractivity (Wildman–Crippen MR) is 103 cm³/mol. The lowest BCUT2D eigenvalue weighted by molar-refractivity contribution is -0.155. The minimum atomic E-state index is -0.809. The summed E-state index contributed by atoms with van der Waals surface area (Å²) in [7, 11) is 0. The molecule has 0 radical (unpaired) electrons. The number of ether oxygens (including phenoxy) is 2. The molecule has 5 heteroatoms. The second kappa shape index (κ2) is 6.57. The Balaban J connectivity index is 1.66. The molecule has 152 valence electrons. The molecule has 0 bridgehead atoms. The molecule has 2 fully saturated rings. The normalized spacial score (nSPS) is 41.8. The summed E-state index contributed by atoms with van der Waals surface area (Å²) in [6, 6.07) is 0. The van der Waals surface area contributed by atoms with Gasteiger partial charge >= 0.3 is 11.9 Å². The summed E-state index contributed by atoms with van der Waals surface area (Å²) < 4.78 is 11.3. The Kier molecular flexibility index (Phi) is 4.55. The lowest BCUT2D eigenvalue weighted by Crippen LogP contribution is -2.48. The van der Waals surface area contributed by atoms with Gasteiger partial charge in [-0.2, -0.15) is 0 Å². The average molecular weight is 386 g/mol. The monoisotopic (exact) mass is 386 g/mol. The van der Waals surface area contributed by atoms with Crippen LogP contribution in [-0.2, 0) is 23.9 Å². The largest absolute Gasteiger partial charge is 0.462 e. The Morgan fingerprint density at radius 1 is 1.07 bits per heavy atom. The number of allylic oxidation sites excluding steroid dienone is 2. The van der Waals surface area contributed by atoms with Crippen LogP contribution in [0.5, 0.6) is 0 Å². The Morgan fingerprint density at radius 3 is 2.50 bits per heavy atom. The molecule has 0 amide bonds. The molecule has 0 heterocycles. The van der Waals surface area contributed by atoms with E-state index in [1.165, 1.54) is 13.8 Å². The third kappa shape index (κ3) is 2.85. The summed E-state index contributed by atoms with van der Waals surface area (Å²) in [4.78, 5) is 36.1. The van der Waals surface area contributed by atoms with E-state index < -0.39 is 5.60 Å². The van der Waals surface area contributed by atoms with Crippen LogP contribution in [0.1, 0.15) is 66.2 Å². The van der Waals surface area contributed by atoms with Gasteiger partial charge in [0.25, 0.3) is 0 Å². The van der Waals surface area contributed by atoms with Crippen LogP contribution in [0.2, 0.25) is 0 Å². The highest BCUT2D eigenvalue weighted by molar-refractivity contribution is 6.07. The molecule has 4 aliphatic rings. The second-order valence-corrected chi connectivity index (χ2v) is 9.43. The Morgan fingerprint density at radius 2 is 1.82 bits per heavy atom. The quantitative estimate of drug-likeness (QED) is 0.673. The number of hydrogen-bond donors (Lipinski definition) is 0. The second-order valence-electron chi connectivity index (χ2n) is 9.43. The third-order valence-corrected chi connectivity index (χ3v) is 7.86. The Hall–Kier alpha value is -1.91. The van der Waals surface area contributed by atoms with Gasteiger partial charge in [-0.15, -0.1) is 0 Å². The maximum Gasteiger partial charge on any atom is 0.303 e. The molecule has 2 saturated carbocycles. The van der Waals surface area contributed by atoms with E-state index in [2.05, 4.69) is 6.92 Å². The molecule has 0 saturated heterocycles. The van der Waals surface area contributed by atoms with E-state index in [1.807, 2.05) is 6.92 Å². The molecule has 0 aromatic heterocycles. The van der Waals surface area contributed by atoms with Crippen LogP contribution in [0.3, 0.4) is 0 Å². The molecule has 5 nitrogen and oxygen atoms in total. The maximum atomic E-state index is 12.9. The number of ketones is 1. The molecule has 0 N–H and O–H groups in total. The third-order valence-electron chi connectivity index (χ3n) is 7.86. The van der Waals surface area contributed by atoms with Gasteiger partial charge in [-0.25, -0.2) is 0 Å². The smallest absolute Gasteiger partial charge is 0.303 e. The van der Waals surface area contributed by atoms with E-state index >= 15 is 0 Å². The van der Waals surface area contributed by atoms with Crippen LogP contribution in [0, 0.1) is 23.2 Å². The van der Waals surface area contributed by atoms with Crippen molar-refractivity contribution in [2.45, 2.75) is 77.9 Å². The molecule has 0 aromatic rings. The number of esters is 2. The topological polar surface area (TPSA) is 69.7 Å². The zero-order valence-electron chi connectivity index (χ0n) is 17.2. The minimum Gasteiger partial charge on any atom is -0.462 e. The van der Waals surface area contributed by atoms with Crippen molar-refractivity contribution in [3.63, 3.8) is 0 Å². The standard InChI is InChI=1S/C23H30O5/c1-13(24)27-20-8-7-17-15-5-6-18-21(16(15)9-11-22(17,20)3)19(26)10-12-23(18,4)28-14(2)25/h10,12,15-17,20H,5-9,11H2,1-4H3/t15-,16+,17+,20?,22+,23?/m1/s1. The maximum absolute atomic E-state index is 12.9. The van der Waals surface area contributed by atoms with Gasteiger partial charge in [0.1, 0.15) is 11.7 Å². The highest BCUT2D eigenvalue weighted by Gasteiger charge is 2.58. The molecule has 0 aromatic carbocycles. The van der Waals surface area contributed by atoms with Gasteiger partial charge in [0.15, 0.2) is 5.78 Å². The first-order chi connectivity index (χ1) is 13.2. The number of carbonyl (C=O) groups excluding carboxylic acids is 3. The van der Waals surface area contributed by atoms with Crippen molar-refractivity contribution in [1.82, 2.24) is 0 Å². The van der Waals surface area contributed by atoms with Gasteiger partial charge in [0.05, 0.1) is 0 Å². The van der Waals surface area contributed by atoms with Gasteiger partial charge in [0, 0.05) is 24.8 Å². The summed E-state index contributed by atoms with van der Waals surface area (Å²) in [5.41, 5.74) is 1.07. The molecular formula is C23H30O5. The number of hydrogen-bond acceptors (Lipinski definition) is 5. The van der Waals surface area contributed by atoms with Crippen LogP contribution in [0.25, 0.3) is 0 Å². The van der Waals surface area contributed by atoms with E-state index in [1.54, 1.807) is 12.2 Å². The molecule has 2 unspecified atom stereocenters. The van der Waals surface area contributed by atoms with Gasteiger partial charge < -0.3 is 9.47 Å². The van der Waals surface area contributed by atoms with Gasteiger partial charge in [-0.3, -0.25) is 14.4 Å². The van der Waals surface area contributed by atoms with Crippen LogP contribution in [0.15, 0.2) is 23.3 Å². The molecular weight excluding hydrogens is 356 g/mol. The summed E-state index contributed by atoms with van der Waals surface area (Å²) in [5.74, 6) is 0.648. The summed E-state index contributed by atoms with van der Waals surface area (Å²) in [5, 5.41) is 0. The van der Waals surface area contributed by atoms with Crippen molar-refractivity contribution in [2.24, 2.45) is 23.2 Å². The predicted octanol–water partition coefficient (Wildman–Crippen LogP) is 3.91. The Bertz CT molecular complexity index is 793. The van der Waals surface area contributed by atoms with E-state index in [-0.39, 0.29) is 35.2 Å². The SMILES string of the molecule is CC(=O)OC1CC[C@H]2[C@@H]3CCC4=C(C(=O)C=CC4(C)OC(C)=O)[C@H]3CC[C@]12C. The first-order valence-electron chi connectivity index (χ1n) is 10.5. The number of carbonyl (C=O) groups is 3. The van der Waals surface area contributed by atoms with E-state index in [9.17, 15) is 14.4 Å². The molecule has 4 aliphatic carbocycles. The lowest BCUT2D eigenvalue weighted by Gasteiger charge is -2.52. The highest BCUT2D eigenvalue weighted by atomic mass is 16.6. The highest BCUT2D eigenvalue weighted by Crippen LogP contribution is 2.61. The van der Waals surface area contributed by atoms with Crippen molar-refractivity contribution in [3.8, 4) is 0 Å². The van der Waals surface area contributed by atoms with E-state index in [0.29, 0.717) is 11.8 Å². The van der Waals surface area contributed by atoms with Crippen LogP contribution in [0.4, 0.5) is 0 Å². The van der Waals surface area contributed by atoms with Crippen molar-refractivity contribution < 1.29 is 23.9 Å². The fourth-order valence-electron chi connectivity index (χ4n) is 6.73.